The summed E-state index contributed by atoms with van der Waals surface area (Å²) >= 11 is 0. The fraction of sp³-hybridized carbons (Fsp3) is 0.632. The van der Waals surface area contributed by atoms with Gasteiger partial charge in [-0.1, -0.05) is 26.2 Å². The van der Waals surface area contributed by atoms with Crippen molar-refractivity contribution in [2.45, 2.75) is 57.8 Å². The highest BCUT2D eigenvalue weighted by Crippen LogP contribution is 2.51. The Morgan fingerprint density at radius 3 is 2.50 bits per heavy atom. The minimum absolute atomic E-state index is 0.225. The second-order valence-electron chi connectivity index (χ2n) is 7.63. The first-order valence-corrected chi connectivity index (χ1v) is 8.36. The van der Waals surface area contributed by atoms with Crippen LogP contribution in [0.2, 0.25) is 0 Å². The highest BCUT2D eigenvalue weighted by atomic mass is 16.5. The smallest absolute Gasteiger partial charge is 0.237 e. The molecule has 3 nitrogen and oxygen atoms in total. The average molecular weight is 301 g/mol. The number of nitrogens with zero attached hydrogens (tertiary/aromatic N) is 1. The third kappa shape index (κ3) is 2.31. The van der Waals surface area contributed by atoms with Gasteiger partial charge in [-0.3, -0.25) is 4.79 Å². The molecule has 1 aromatic carbocycles. The van der Waals surface area contributed by atoms with Crippen molar-refractivity contribution in [1.29, 1.82) is 0 Å². The van der Waals surface area contributed by atoms with E-state index in [9.17, 15) is 4.79 Å². The standard InChI is InChI=1S/C19H27NO2/c1-18(10-6-5-7-11-18)13-19(2)15-12-14(22-4)8-9-16(15)20(3)17(19)21/h8-9,12H,5-7,10-11,13H2,1-4H3. The molecular formula is C19H27NO2. The Morgan fingerprint density at radius 1 is 1.18 bits per heavy atom. The topological polar surface area (TPSA) is 29.5 Å². The van der Waals surface area contributed by atoms with Crippen LogP contribution in [0.15, 0.2) is 18.2 Å². The Hall–Kier alpha value is -1.51. The molecule has 1 saturated carbocycles. The number of rotatable bonds is 3. The summed E-state index contributed by atoms with van der Waals surface area (Å²) in [6.07, 6.45) is 7.33. The van der Waals surface area contributed by atoms with E-state index < -0.39 is 5.41 Å². The van der Waals surface area contributed by atoms with Crippen molar-refractivity contribution >= 4 is 11.6 Å². The summed E-state index contributed by atoms with van der Waals surface area (Å²) in [5, 5.41) is 0. The number of hydrogen-bond donors (Lipinski definition) is 0. The summed E-state index contributed by atoms with van der Waals surface area (Å²) in [6, 6.07) is 6.01. The third-order valence-electron chi connectivity index (χ3n) is 5.78. The molecule has 2 aliphatic rings. The average Bonchev–Trinajstić information content (AvgIpc) is 2.69. The number of ether oxygens (including phenoxy) is 1. The second kappa shape index (κ2) is 5.29. The Balaban J connectivity index is 2.00. The molecule has 0 saturated heterocycles. The van der Waals surface area contributed by atoms with Gasteiger partial charge in [0.25, 0.3) is 0 Å². The number of likely N-dealkylation sites (N-methyl/N-ethyl adjacent to an activating group) is 1. The maximum Gasteiger partial charge on any atom is 0.237 e. The van der Waals surface area contributed by atoms with Gasteiger partial charge in [0, 0.05) is 12.7 Å². The van der Waals surface area contributed by atoms with Gasteiger partial charge in [-0.05, 0) is 55.4 Å². The van der Waals surface area contributed by atoms with Crippen LogP contribution in [0, 0.1) is 5.41 Å². The van der Waals surface area contributed by atoms with E-state index in [0.29, 0.717) is 0 Å². The van der Waals surface area contributed by atoms with Gasteiger partial charge in [0.2, 0.25) is 5.91 Å². The molecule has 1 aromatic rings. The molecule has 1 unspecified atom stereocenters. The fourth-order valence-electron chi connectivity index (χ4n) is 4.58. The number of carbonyl (C=O) groups excluding carboxylic acids is 1. The third-order valence-corrected chi connectivity index (χ3v) is 5.78. The predicted molar refractivity (Wildman–Crippen MR) is 89.6 cm³/mol. The summed E-state index contributed by atoms with van der Waals surface area (Å²) in [4.78, 5) is 14.8. The molecule has 22 heavy (non-hydrogen) atoms. The highest BCUT2D eigenvalue weighted by Gasteiger charge is 2.49. The van der Waals surface area contributed by atoms with Crippen LogP contribution in [-0.2, 0) is 10.2 Å². The molecule has 3 heteroatoms. The lowest BCUT2D eigenvalue weighted by Gasteiger charge is -2.39. The van der Waals surface area contributed by atoms with E-state index in [1.807, 2.05) is 24.1 Å². The molecule has 1 amide bonds. The largest absolute Gasteiger partial charge is 0.497 e. The van der Waals surface area contributed by atoms with Crippen molar-refractivity contribution in [1.82, 2.24) is 0 Å². The summed E-state index contributed by atoms with van der Waals surface area (Å²) in [5.41, 5.74) is 2.01. The Bertz CT molecular complexity index is 589. The number of hydrogen-bond acceptors (Lipinski definition) is 2. The van der Waals surface area contributed by atoms with Crippen molar-refractivity contribution < 1.29 is 9.53 Å². The van der Waals surface area contributed by atoms with Gasteiger partial charge >= 0.3 is 0 Å². The Kier molecular flexibility index (Phi) is 3.70. The molecule has 0 spiro atoms. The zero-order valence-electron chi connectivity index (χ0n) is 14.2. The lowest BCUT2D eigenvalue weighted by atomic mass is 9.64. The van der Waals surface area contributed by atoms with Crippen LogP contribution in [0.3, 0.4) is 0 Å². The van der Waals surface area contributed by atoms with Crippen molar-refractivity contribution in [3.8, 4) is 5.75 Å². The minimum atomic E-state index is -0.426. The molecule has 0 aromatic heterocycles. The molecule has 1 aliphatic heterocycles. The molecule has 1 fully saturated rings. The Labute approximate surface area is 133 Å². The first kappa shape index (κ1) is 15.4. The zero-order chi connectivity index (χ0) is 16.0. The van der Waals surface area contributed by atoms with Gasteiger partial charge in [0.1, 0.15) is 5.75 Å². The normalized spacial score (nSPS) is 26.9. The molecule has 3 rings (SSSR count). The van der Waals surface area contributed by atoms with Crippen LogP contribution in [0.25, 0.3) is 0 Å². The fourth-order valence-corrected chi connectivity index (χ4v) is 4.58. The van der Waals surface area contributed by atoms with Gasteiger partial charge in [0.15, 0.2) is 0 Å². The summed E-state index contributed by atoms with van der Waals surface area (Å²) in [5.74, 6) is 1.06. The van der Waals surface area contributed by atoms with E-state index in [1.165, 1.54) is 32.1 Å². The molecule has 1 aliphatic carbocycles. The van der Waals surface area contributed by atoms with Gasteiger partial charge in [-0.2, -0.15) is 0 Å². The number of methoxy groups -OCH3 is 1. The molecule has 0 radical (unpaired) electrons. The number of carbonyl (C=O) groups is 1. The van der Waals surface area contributed by atoms with Crippen LogP contribution in [-0.4, -0.2) is 20.1 Å². The molecule has 120 valence electrons. The quantitative estimate of drug-likeness (QED) is 0.833. The number of anilines is 1. The van der Waals surface area contributed by atoms with Crippen molar-refractivity contribution in [2.75, 3.05) is 19.1 Å². The van der Waals surface area contributed by atoms with E-state index in [2.05, 4.69) is 19.9 Å². The van der Waals surface area contributed by atoms with Crippen LogP contribution >= 0.6 is 0 Å². The molecular weight excluding hydrogens is 274 g/mol. The molecule has 1 atom stereocenters. The molecule has 0 N–H and O–H groups in total. The first-order chi connectivity index (χ1) is 10.4. The van der Waals surface area contributed by atoms with Gasteiger partial charge < -0.3 is 9.64 Å². The van der Waals surface area contributed by atoms with Crippen LogP contribution in [0.4, 0.5) is 5.69 Å². The van der Waals surface area contributed by atoms with Crippen molar-refractivity contribution in [3.05, 3.63) is 23.8 Å². The lowest BCUT2D eigenvalue weighted by molar-refractivity contribution is -0.123. The summed E-state index contributed by atoms with van der Waals surface area (Å²) < 4.78 is 5.39. The number of fused-ring (bicyclic) bond motifs is 1. The van der Waals surface area contributed by atoms with E-state index in [4.69, 9.17) is 4.74 Å². The van der Waals surface area contributed by atoms with Crippen LogP contribution < -0.4 is 9.64 Å². The minimum Gasteiger partial charge on any atom is -0.497 e. The van der Waals surface area contributed by atoms with Crippen LogP contribution in [0.1, 0.15) is 57.9 Å². The lowest BCUT2D eigenvalue weighted by Crippen LogP contribution is -2.40. The molecule has 1 heterocycles. The van der Waals surface area contributed by atoms with Gasteiger partial charge in [-0.15, -0.1) is 0 Å². The van der Waals surface area contributed by atoms with Crippen molar-refractivity contribution in [2.24, 2.45) is 5.41 Å². The SMILES string of the molecule is COc1ccc2c(c1)C(C)(CC1(C)CCCCC1)C(=O)N2C. The number of amides is 1. The highest BCUT2D eigenvalue weighted by molar-refractivity contribution is 6.07. The maximum absolute atomic E-state index is 13.0. The van der Waals surface area contributed by atoms with Gasteiger partial charge in [-0.25, -0.2) is 0 Å². The van der Waals surface area contributed by atoms with E-state index in [1.54, 1.807) is 7.11 Å². The predicted octanol–water partition coefficient (Wildman–Crippen LogP) is 4.29. The summed E-state index contributed by atoms with van der Waals surface area (Å²) in [6.45, 7) is 4.49. The van der Waals surface area contributed by atoms with Crippen LogP contribution in [0.5, 0.6) is 5.75 Å². The first-order valence-electron chi connectivity index (χ1n) is 8.36. The monoisotopic (exact) mass is 301 g/mol. The Morgan fingerprint density at radius 2 is 1.86 bits per heavy atom. The maximum atomic E-state index is 13.0. The second-order valence-corrected chi connectivity index (χ2v) is 7.63. The summed E-state index contributed by atoms with van der Waals surface area (Å²) in [7, 11) is 3.57. The zero-order valence-corrected chi connectivity index (χ0v) is 14.2. The van der Waals surface area contributed by atoms with E-state index in [-0.39, 0.29) is 11.3 Å². The van der Waals surface area contributed by atoms with E-state index in [0.717, 1.165) is 23.4 Å². The van der Waals surface area contributed by atoms with Crippen molar-refractivity contribution in [3.63, 3.8) is 0 Å². The molecule has 0 bridgehead atoms. The van der Waals surface area contributed by atoms with Gasteiger partial charge in [0.05, 0.1) is 12.5 Å². The number of benzene rings is 1. The van der Waals surface area contributed by atoms with E-state index >= 15 is 0 Å².